The lowest BCUT2D eigenvalue weighted by atomic mass is 10.1. The SMILES string of the molecule is COCCNCC(=O)NCc1cccc(CN(C)C(C)C)c1.Cl.Cl. The molecule has 1 amide bonds. The van der Waals surface area contributed by atoms with E-state index in [1.165, 1.54) is 5.56 Å². The molecule has 0 bridgehead atoms. The van der Waals surface area contributed by atoms with Crippen LogP contribution in [0.5, 0.6) is 0 Å². The molecule has 5 nitrogen and oxygen atoms in total. The van der Waals surface area contributed by atoms with Crippen molar-refractivity contribution in [2.45, 2.75) is 33.0 Å². The first-order chi connectivity index (χ1) is 10.5. The fourth-order valence-electron chi connectivity index (χ4n) is 1.95. The van der Waals surface area contributed by atoms with Crippen LogP contribution in [0.2, 0.25) is 0 Å². The second-order valence-corrected chi connectivity index (χ2v) is 5.78. The van der Waals surface area contributed by atoms with E-state index < -0.39 is 0 Å². The minimum absolute atomic E-state index is 0. The predicted octanol–water partition coefficient (Wildman–Crippen LogP) is 2.22. The van der Waals surface area contributed by atoms with Gasteiger partial charge in [-0.2, -0.15) is 0 Å². The van der Waals surface area contributed by atoms with Crippen LogP contribution in [-0.4, -0.2) is 50.7 Å². The monoisotopic (exact) mass is 379 g/mol. The van der Waals surface area contributed by atoms with Gasteiger partial charge in [-0.05, 0) is 32.0 Å². The van der Waals surface area contributed by atoms with Crippen molar-refractivity contribution in [1.29, 1.82) is 0 Å². The van der Waals surface area contributed by atoms with E-state index in [1.807, 2.05) is 12.1 Å². The molecule has 7 heteroatoms. The summed E-state index contributed by atoms with van der Waals surface area (Å²) in [5.41, 5.74) is 2.39. The highest BCUT2D eigenvalue weighted by atomic mass is 35.5. The van der Waals surface area contributed by atoms with Crippen molar-refractivity contribution >= 4 is 30.7 Å². The molecule has 24 heavy (non-hydrogen) atoms. The molecule has 1 rings (SSSR count). The fourth-order valence-corrected chi connectivity index (χ4v) is 1.95. The number of ether oxygens (including phenoxy) is 1. The zero-order valence-electron chi connectivity index (χ0n) is 15.0. The molecule has 0 heterocycles. The van der Waals surface area contributed by atoms with Crippen LogP contribution in [0.3, 0.4) is 0 Å². The molecule has 0 aliphatic heterocycles. The first-order valence-corrected chi connectivity index (χ1v) is 7.77. The van der Waals surface area contributed by atoms with E-state index in [0.29, 0.717) is 32.3 Å². The molecule has 0 fully saturated rings. The number of hydrogen-bond acceptors (Lipinski definition) is 4. The number of nitrogens with zero attached hydrogens (tertiary/aromatic N) is 1. The molecule has 0 unspecified atom stereocenters. The van der Waals surface area contributed by atoms with Crippen LogP contribution in [0.25, 0.3) is 0 Å². The smallest absolute Gasteiger partial charge is 0.234 e. The van der Waals surface area contributed by atoms with E-state index in [-0.39, 0.29) is 30.7 Å². The Morgan fingerprint density at radius 3 is 2.54 bits per heavy atom. The summed E-state index contributed by atoms with van der Waals surface area (Å²) in [5, 5.41) is 5.95. The topological polar surface area (TPSA) is 53.6 Å². The van der Waals surface area contributed by atoms with Crippen molar-refractivity contribution in [3.63, 3.8) is 0 Å². The highest BCUT2D eigenvalue weighted by molar-refractivity contribution is 5.85. The molecule has 1 aromatic rings. The average molecular weight is 380 g/mol. The van der Waals surface area contributed by atoms with Crippen molar-refractivity contribution in [3.05, 3.63) is 35.4 Å². The number of nitrogens with one attached hydrogen (secondary N) is 2. The van der Waals surface area contributed by atoms with Gasteiger partial charge in [0.2, 0.25) is 5.91 Å². The maximum Gasteiger partial charge on any atom is 0.234 e. The van der Waals surface area contributed by atoms with Gasteiger partial charge in [0.15, 0.2) is 0 Å². The Morgan fingerprint density at radius 2 is 1.92 bits per heavy atom. The van der Waals surface area contributed by atoms with Crippen LogP contribution < -0.4 is 10.6 Å². The number of benzene rings is 1. The van der Waals surface area contributed by atoms with Gasteiger partial charge in [0.1, 0.15) is 0 Å². The molecule has 0 saturated carbocycles. The predicted molar refractivity (Wildman–Crippen MR) is 104 cm³/mol. The van der Waals surface area contributed by atoms with Crippen molar-refractivity contribution in [1.82, 2.24) is 15.5 Å². The minimum atomic E-state index is 0. The Balaban J connectivity index is 0. The van der Waals surface area contributed by atoms with Crippen molar-refractivity contribution in [2.75, 3.05) is 33.9 Å². The van der Waals surface area contributed by atoms with Gasteiger partial charge in [-0.3, -0.25) is 9.69 Å². The zero-order valence-corrected chi connectivity index (χ0v) is 16.6. The van der Waals surface area contributed by atoms with Crippen LogP contribution >= 0.6 is 24.8 Å². The average Bonchev–Trinajstić information content (AvgIpc) is 2.50. The molecule has 0 spiro atoms. The third-order valence-corrected chi connectivity index (χ3v) is 3.56. The summed E-state index contributed by atoms with van der Waals surface area (Å²) in [7, 11) is 3.76. The third kappa shape index (κ3) is 10.8. The molecule has 0 radical (unpaired) electrons. The maximum atomic E-state index is 11.7. The Kier molecular flexibility index (Phi) is 15.3. The second-order valence-electron chi connectivity index (χ2n) is 5.78. The van der Waals surface area contributed by atoms with E-state index in [1.54, 1.807) is 7.11 Å². The van der Waals surface area contributed by atoms with E-state index in [0.717, 1.165) is 12.1 Å². The van der Waals surface area contributed by atoms with Crippen LogP contribution in [0.1, 0.15) is 25.0 Å². The number of rotatable bonds is 10. The van der Waals surface area contributed by atoms with Gasteiger partial charge >= 0.3 is 0 Å². The number of amides is 1. The van der Waals surface area contributed by atoms with Crippen LogP contribution in [0.15, 0.2) is 24.3 Å². The summed E-state index contributed by atoms with van der Waals surface area (Å²) >= 11 is 0. The van der Waals surface area contributed by atoms with Gasteiger partial charge in [-0.1, -0.05) is 24.3 Å². The van der Waals surface area contributed by atoms with Crippen LogP contribution in [0.4, 0.5) is 0 Å². The summed E-state index contributed by atoms with van der Waals surface area (Å²) < 4.78 is 4.92. The second kappa shape index (κ2) is 14.5. The summed E-state index contributed by atoms with van der Waals surface area (Å²) in [6, 6.07) is 8.87. The standard InChI is InChI=1S/C17H29N3O2.2ClH/c1-14(2)20(3)13-16-7-5-6-15(10-16)11-19-17(21)12-18-8-9-22-4;;/h5-7,10,14,18H,8-9,11-13H2,1-4H3,(H,19,21);2*1H. The van der Waals surface area contributed by atoms with Gasteiger partial charge in [0.05, 0.1) is 13.2 Å². The summed E-state index contributed by atoms with van der Waals surface area (Å²) in [6.45, 7) is 7.45. The lowest BCUT2D eigenvalue weighted by Gasteiger charge is -2.21. The molecule has 0 aliphatic carbocycles. The van der Waals surface area contributed by atoms with Crippen molar-refractivity contribution in [2.24, 2.45) is 0 Å². The molecule has 0 aromatic heterocycles. The van der Waals surface area contributed by atoms with Gasteiger partial charge in [0, 0.05) is 32.8 Å². The van der Waals surface area contributed by atoms with Gasteiger partial charge in [0.25, 0.3) is 0 Å². The first kappa shape index (κ1) is 25.4. The normalized spacial score (nSPS) is 10.2. The van der Waals surface area contributed by atoms with Gasteiger partial charge in [-0.25, -0.2) is 0 Å². The molecule has 140 valence electrons. The fraction of sp³-hybridized carbons (Fsp3) is 0.588. The molecule has 0 saturated heterocycles. The first-order valence-electron chi connectivity index (χ1n) is 7.77. The number of halogens is 2. The minimum Gasteiger partial charge on any atom is -0.383 e. The van der Waals surface area contributed by atoms with E-state index >= 15 is 0 Å². The van der Waals surface area contributed by atoms with Crippen LogP contribution in [-0.2, 0) is 22.6 Å². The van der Waals surface area contributed by atoms with Crippen LogP contribution in [0, 0.1) is 0 Å². The van der Waals surface area contributed by atoms with Crippen molar-refractivity contribution < 1.29 is 9.53 Å². The Labute approximate surface area is 158 Å². The van der Waals surface area contributed by atoms with E-state index in [2.05, 4.69) is 48.6 Å². The van der Waals surface area contributed by atoms with E-state index in [4.69, 9.17) is 4.74 Å². The van der Waals surface area contributed by atoms with Crippen molar-refractivity contribution in [3.8, 4) is 0 Å². The van der Waals surface area contributed by atoms with Gasteiger partial charge in [-0.15, -0.1) is 24.8 Å². The zero-order chi connectivity index (χ0) is 16.4. The summed E-state index contributed by atoms with van der Waals surface area (Å²) in [4.78, 5) is 14.0. The number of methoxy groups -OCH3 is 1. The quantitative estimate of drug-likeness (QED) is 0.612. The number of hydrogen-bond donors (Lipinski definition) is 2. The number of carbonyl (C=O) groups excluding carboxylic acids is 1. The lowest BCUT2D eigenvalue weighted by Crippen LogP contribution is -2.34. The van der Waals surface area contributed by atoms with Gasteiger partial charge < -0.3 is 15.4 Å². The maximum absolute atomic E-state index is 11.7. The summed E-state index contributed by atoms with van der Waals surface area (Å²) in [6.07, 6.45) is 0. The molecular weight excluding hydrogens is 349 g/mol. The Bertz CT molecular complexity index is 459. The largest absolute Gasteiger partial charge is 0.383 e. The Morgan fingerprint density at radius 1 is 1.25 bits per heavy atom. The van der Waals surface area contributed by atoms with E-state index in [9.17, 15) is 4.79 Å². The highest BCUT2D eigenvalue weighted by Crippen LogP contribution is 2.09. The highest BCUT2D eigenvalue weighted by Gasteiger charge is 2.05. The molecule has 0 atom stereocenters. The lowest BCUT2D eigenvalue weighted by molar-refractivity contribution is -0.120. The molecule has 2 N–H and O–H groups in total. The molecule has 1 aromatic carbocycles. The molecule has 0 aliphatic rings. The third-order valence-electron chi connectivity index (χ3n) is 3.56. The number of carbonyl (C=O) groups is 1. The summed E-state index contributed by atoms with van der Waals surface area (Å²) in [5.74, 6) is 0.000745. The Hall–Kier alpha value is -0.850. The molecular formula is C17H31Cl2N3O2.